The molecule has 0 spiro atoms. The van der Waals surface area contributed by atoms with Crippen molar-refractivity contribution in [2.75, 3.05) is 13.1 Å². The molecule has 1 fully saturated rings. The van der Waals surface area contributed by atoms with Gasteiger partial charge in [-0.05, 0) is 44.0 Å². The van der Waals surface area contributed by atoms with Gasteiger partial charge in [0.2, 0.25) is 5.89 Å². The SMILES string of the molecule is c1cncc(CCc2nc(C3CCNCC3)no2)c1. The zero-order valence-corrected chi connectivity index (χ0v) is 10.9. The summed E-state index contributed by atoms with van der Waals surface area (Å²) in [5.41, 5.74) is 1.20. The van der Waals surface area contributed by atoms with Crippen molar-refractivity contribution < 1.29 is 4.52 Å². The molecule has 1 aliphatic rings. The topological polar surface area (TPSA) is 63.8 Å². The van der Waals surface area contributed by atoms with Crippen molar-refractivity contribution in [1.29, 1.82) is 0 Å². The summed E-state index contributed by atoms with van der Waals surface area (Å²) in [4.78, 5) is 8.63. The Hall–Kier alpha value is -1.75. The predicted molar refractivity (Wildman–Crippen MR) is 70.8 cm³/mol. The van der Waals surface area contributed by atoms with Gasteiger partial charge in [0, 0.05) is 24.7 Å². The van der Waals surface area contributed by atoms with Crippen LogP contribution in [0.25, 0.3) is 0 Å². The van der Waals surface area contributed by atoms with Crippen LogP contribution in [0.15, 0.2) is 29.0 Å². The molecule has 3 rings (SSSR count). The number of hydrogen-bond acceptors (Lipinski definition) is 5. The van der Waals surface area contributed by atoms with E-state index in [0.717, 1.165) is 50.5 Å². The van der Waals surface area contributed by atoms with Crippen LogP contribution in [0.5, 0.6) is 0 Å². The van der Waals surface area contributed by atoms with Gasteiger partial charge in [-0.3, -0.25) is 4.98 Å². The van der Waals surface area contributed by atoms with Crippen molar-refractivity contribution >= 4 is 0 Å². The third-order valence-electron chi connectivity index (χ3n) is 3.54. The highest BCUT2D eigenvalue weighted by molar-refractivity contribution is 5.09. The summed E-state index contributed by atoms with van der Waals surface area (Å²) >= 11 is 0. The van der Waals surface area contributed by atoms with Crippen molar-refractivity contribution in [2.45, 2.75) is 31.6 Å². The van der Waals surface area contributed by atoms with E-state index in [9.17, 15) is 0 Å². The van der Waals surface area contributed by atoms with Gasteiger partial charge in [-0.25, -0.2) is 0 Å². The van der Waals surface area contributed by atoms with Crippen molar-refractivity contribution in [3.63, 3.8) is 0 Å². The molecule has 0 aliphatic carbocycles. The number of hydrogen-bond donors (Lipinski definition) is 1. The van der Waals surface area contributed by atoms with E-state index in [-0.39, 0.29) is 0 Å². The lowest BCUT2D eigenvalue weighted by Crippen LogP contribution is -2.27. The smallest absolute Gasteiger partial charge is 0.226 e. The van der Waals surface area contributed by atoms with Crippen molar-refractivity contribution in [2.24, 2.45) is 0 Å². The van der Waals surface area contributed by atoms with Crippen LogP contribution in [0, 0.1) is 0 Å². The Balaban J connectivity index is 1.58. The number of nitrogens with one attached hydrogen (secondary N) is 1. The molecule has 1 N–H and O–H groups in total. The molecule has 2 aromatic heterocycles. The van der Waals surface area contributed by atoms with E-state index < -0.39 is 0 Å². The first kappa shape index (κ1) is 12.3. The van der Waals surface area contributed by atoms with Gasteiger partial charge in [0.1, 0.15) is 0 Å². The van der Waals surface area contributed by atoms with E-state index in [1.807, 2.05) is 12.3 Å². The summed E-state index contributed by atoms with van der Waals surface area (Å²) in [7, 11) is 0. The number of rotatable bonds is 4. The van der Waals surface area contributed by atoms with Crippen LogP contribution in [0.1, 0.15) is 36.0 Å². The van der Waals surface area contributed by atoms with Gasteiger partial charge >= 0.3 is 0 Å². The maximum Gasteiger partial charge on any atom is 0.226 e. The molecule has 0 aromatic carbocycles. The lowest BCUT2D eigenvalue weighted by molar-refractivity contribution is 0.360. The number of pyridine rings is 1. The van der Waals surface area contributed by atoms with E-state index in [2.05, 4.69) is 26.5 Å². The summed E-state index contributed by atoms with van der Waals surface area (Å²) < 4.78 is 5.34. The quantitative estimate of drug-likeness (QED) is 0.904. The van der Waals surface area contributed by atoms with Crippen LogP contribution >= 0.6 is 0 Å². The zero-order valence-electron chi connectivity index (χ0n) is 10.9. The highest BCUT2D eigenvalue weighted by atomic mass is 16.5. The molecule has 3 heterocycles. The Kier molecular flexibility index (Phi) is 3.83. The largest absolute Gasteiger partial charge is 0.339 e. The number of aryl methyl sites for hydroxylation is 2. The fourth-order valence-corrected chi connectivity index (χ4v) is 2.41. The second-order valence-electron chi connectivity index (χ2n) is 4.93. The molecule has 0 radical (unpaired) electrons. The number of piperidine rings is 1. The van der Waals surface area contributed by atoms with Crippen LogP contribution in [0.3, 0.4) is 0 Å². The van der Waals surface area contributed by atoms with Crippen molar-refractivity contribution in [3.05, 3.63) is 41.8 Å². The van der Waals surface area contributed by atoms with Gasteiger partial charge < -0.3 is 9.84 Å². The van der Waals surface area contributed by atoms with Gasteiger partial charge in [-0.1, -0.05) is 11.2 Å². The highest BCUT2D eigenvalue weighted by Crippen LogP contribution is 2.22. The summed E-state index contributed by atoms with van der Waals surface area (Å²) in [5.74, 6) is 2.07. The van der Waals surface area contributed by atoms with Crippen LogP contribution in [0.2, 0.25) is 0 Å². The summed E-state index contributed by atoms with van der Waals surface area (Å²) in [6.07, 6.45) is 7.53. The fraction of sp³-hybridized carbons (Fsp3) is 0.500. The maximum absolute atomic E-state index is 5.34. The first-order valence-corrected chi connectivity index (χ1v) is 6.84. The molecular weight excluding hydrogens is 240 g/mol. The fourth-order valence-electron chi connectivity index (χ4n) is 2.41. The Labute approximate surface area is 112 Å². The Morgan fingerprint density at radius 1 is 1.26 bits per heavy atom. The van der Waals surface area contributed by atoms with Gasteiger partial charge in [-0.15, -0.1) is 0 Å². The molecule has 19 heavy (non-hydrogen) atoms. The summed E-state index contributed by atoms with van der Waals surface area (Å²) in [6, 6.07) is 4.01. The van der Waals surface area contributed by atoms with E-state index in [4.69, 9.17) is 4.52 Å². The number of nitrogens with zero attached hydrogens (tertiary/aromatic N) is 3. The minimum Gasteiger partial charge on any atom is -0.339 e. The van der Waals surface area contributed by atoms with E-state index in [1.165, 1.54) is 5.56 Å². The second kappa shape index (κ2) is 5.93. The normalized spacial score (nSPS) is 16.6. The summed E-state index contributed by atoms with van der Waals surface area (Å²) in [5, 5.41) is 7.47. The average molecular weight is 258 g/mol. The molecule has 0 atom stereocenters. The molecule has 5 heteroatoms. The monoisotopic (exact) mass is 258 g/mol. The Bertz CT molecular complexity index is 505. The molecule has 100 valence electrons. The van der Waals surface area contributed by atoms with E-state index >= 15 is 0 Å². The molecule has 1 aliphatic heterocycles. The van der Waals surface area contributed by atoms with Crippen LogP contribution < -0.4 is 5.32 Å². The third-order valence-corrected chi connectivity index (χ3v) is 3.54. The molecule has 1 saturated heterocycles. The van der Waals surface area contributed by atoms with Gasteiger partial charge in [0.25, 0.3) is 0 Å². The maximum atomic E-state index is 5.34. The zero-order chi connectivity index (χ0) is 12.9. The minimum absolute atomic E-state index is 0.456. The van der Waals surface area contributed by atoms with E-state index in [1.54, 1.807) is 6.20 Å². The first-order valence-electron chi connectivity index (χ1n) is 6.84. The summed E-state index contributed by atoms with van der Waals surface area (Å²) in [6.45, 7) is 2.09. The second-order valence-corrected chi connectivity index (χ2v) is 4.93. The Morgan fingerprint density at radius 2 is 2.16 bits per heavy atom. The predicted octanol–water partition coefficient (Wildman–Crippen LogP) is 1.72. The molecular formula is C14H18N4O. The van der Waals surface area contributed by atoms with Crippen LogP contribution in [-0.2, 0) is 12.8 Å². The van der Waals surface area contributed by atoms with Crippen LogP contribution in [0.4, 0.5) is 0 Å². The minimum atomic E-state index is 0.456. The van der Waals surface area contributed by atoms with Gasteiger partial charge in [0.15, 0.2) is 5.82 Å². The lowest BCUT2D eigenvalue weighted by atomic mass is 9.98. The first-order chi connectivity index (χ1) is 9.42. The highest BCUT2D eigenvalue weighted by Gasteiger charge is 2.20. The molecule has 0 unspecified atom stereocenters. The Morgan fingerprint density at radius 3 is 2.95 bits per heavy atom. The van der Waals surface area contributed by atoms with Gasteiger partial charge in [0.05, 0.1) is 0 Å². The molecule has 0 bridgehead atoms. The standard InChI is InChI=1S/C14H18N4O/c1-2-11(10-16-7-1)3-4-13-17-14(18-19-13)12-5-8-15-9-6-12/h1-2,7,10,12,15H,3-6,8-9H2. The van der Waals surface area contributed by atoms with Gasteiger partial charge in [-0.2, -0.15) is 4.98 Å². The average Bonchev–Trinajstić information content (AvgIpc) is 2.96. The van der Waals surface area contributed by atoms with Crippen molar-refractivity contribution in [1.82, 2.24) is 20.4 Å². The lowest BCUT2D eigenvalue weighted by Gasteiger charge is -2.18. The van der Waals surface area contributed by atoms with Crippen molar-refractivity contribution in [3.8, 4) is 0 Å². The molecule has 0 amide bonds. The molecule has 0 saturated carbocycles. The van der Waals surface area contributed by atoms with Crippen LogP contribution in [-0.4, -0.2) is 28.2 Å². The third kappa shape index (κ3) is 3.17. The number of aromatic nitrogens is 3. The molecule has 2 aromatic rings. The molecule has 5 nitrogen and oxygen atoms in total. The van der Waals surface area contributed by atoms with E-state index in [0.29, 0.717) is 5.92 Å².